The summed E-state index contributed by atoms with van der Waals surface area (Å²) < 4.78 is 7.60. The standard InChI is InChI=1S/C20H19N3O3S/c1-14-18(19(23(2)22-14)26-17-6-4-3-5-7-17)12-21-25-13-15-8-10-16(11-9-15)20(24)27/h3-12H,13H2,1-2H3,(H,24,27). The normalized spacial score (nSPS) is 10.9. The molecule has 7 heteroatoms. The van der Waals surface area contributed by atoms with Crippen molar-refractivity contribution in [3.8, 4) is 11.6 Å². The fraction of sp³-hybridized carbons (Fsp3) is 0.150. The van der Waals surface area contributed by atoms with Gasteiger partial charge in [-0.05, 0) is 49.0 Å². The maximum atomic E-state index is 9.27. The smallest absolute Gasteiger partial charge is 0.226 e. The van der Waals surface area contributed by atoms with Gasteiger partial charge in [0, 0.05) is 12.6 Å². The average molecular weight is 381 g/mol. The first-order chi connectivity index (χ1) is 13.0. The maximum absolute atomic E-state index is 9.27. The topological polar surface area (TPSA) is 68.9 Å². The second kappa shape index (κ2) is 8.46. The fourth-order valence-corrected chi connectivity index (χ4v) is 2.60. The predicted molar refractivity (Wildman–Crippen MR) is 108 cm³/mol. The molecule has 0 radical (unpaired) electrons. The van der Waals surface area contributed by atoms with E-state index in [1.807, 2.05) is 56.4 Å². The Morgan fingerprint density at radius 2 is 1.89 bits per heavy atom. The Labute approximate surface area is 162 Å². The molecule has 0 atom stereocenters. The molecule has 0 spiro atoms. The molecule has 0 fully saturated rings. The second-order valence-electron chi connectivity index (χ2n) is 5.85. The zero-order valence-electron chi connectivity index (χ0n) is 15.0. The lowest BCUT2D eigenvalue weighted by Crippen LogP contribution is -1.97. The number of aryl methyl sites for hydroxylation is 2. The number of rotatable bonds is 7. The van der Waals surface area contributed by atoms with Crippen LogP contribution in [0.25, 0.3) is 0 Å². The molecule has 0 aliphatic carbocycles. The highest BCUT2D eigenvalue weighted by atomic mass is 32.1. The summed E-state index contributed by atoms with van der Waals surface area (Å²) in [6.07, 6.45) is 1.60. The Morgan fingerprint density at radius 3 is 2.56 bits per heavy atom. The molecule has 0 aliphatic heterocycles. The molecule has 0 aliphatic rings. The van der Waals surface area contributed by atoms with E-state index in [2.05, 4.69) is 10.3 Å². The Balaban J connectivity index is 1.67. The quantitative estimate of drug-likeness (QED) is 0.375. The first kappa shape index (κ1) is 18.6. The molecule has 6 nitrogen and oxygen atoms in total. The highest BCUT2D eigenvalue weighted by Gasteiger charge is 2.14. The van der Waals surface area contributed by atoms with Crippen LogP contribution in [0.2, 0.25) is 0 Å². The summed E-state index contributed by atoms with van der Waals surface area (Å²) in [5.74, 6) is 1.31. The first-order valence-electron chi connectivity index (χ1n) is 8.28. The van der Waals surface area contributed by atoms with E-state index in [-0.39, 0.29) is 5.05 Å². The number of aliphatic hydroxyl groups excluding tert-OH is 1. The first-order valence-corrected chi connectivity index (χ1v) is 8.69. The van der Waals surface area contributed by atoms with Crippen LogP contribution in [-0.2, 0) is 18.5 Å². The van der Waals surface area contributed by atoms with Crippen LogP contribution in [0, 0.1) is 6.92 Å². The van der Waals surface area contributed by atoms with Gasteiger partial charge in [-0.15, -0.1) is 0 Å². The highest BCUT2D eigenvalue weighted by molar-refractivity contribution is 7.80. The Morgan fingerprint density at radius 1 is 1.19 bits per heavy atom. The van der Waals surface area contributed by atoms with Gasteiger partial charge in [0.05, 0.1) is 17.5 Å². The third-order valence-electron chi connectivity index (χ3n) is 3.86. The average Bonchev–Trinajstić information content (AvgIpc) is 2.93. The van der Waals surface area contributed by atoms with Gasteiger partial charge in [0.2, 0.25) is 5.88 Å². The number of oxime groups is 1. The summed E-state index contributed by atoms with van der Waals surface area (Å²) >= 11 is 4.72. The molecular formula is C20H19N3O3S. The zero-order chi connectivity index (χ0) is 19.2. The van der Waals surface area contributed by atoms with Crippen LogP contribution >= 0.6 is 12.2 Å². The molecule has 3 aromatic rings. The Kier molecular flexibility index (Phi) is 5.83. The van der Waals surface area contributed by atoms with E-state index < -0.39 is 0 Å². The third kappa shape index (κ3) is 4.71. The van der Waals surface area contributed by atoms with E-state index in [1.54, 1.807) is 23.0 Å². The van der Waals surface area contributed by atoms with Crippen molar-refractivity contribution in [3.05, 3.63) is 77.0 Å². The number of thiocarbonyl (C=S) groups is 1. The number of nitrogens with zero attached hydrogens (tertiary/aromatic N) is 3. The Bertz CT molecular complexity index is 951. The number of benzene rings is 2. The van der Waals surface area contributed by atoms with E-state index in [9.17, 15) is 5.11 Å². The second-order valence-corrected chi connectivity index (χ2v) is 6.24. The zero-order valence-corrected chi connectivity index (χ0v) is 15.8. The molecule has 0 saturated heterocycles. The number of hydrogen-bond donors (Lipinski definition) is 1. The molecule has 0 bridgehead atoms. The van der Waals surface area contributed by atoms with Gasteiger partial charge in [-0.25, -0.2) is 4.68 Å². The van der Waals surface area contributed by atoms with Crippen LogP contribution < -0.4 is 4.74 Å². The van der Waals surface area contributed by atoms with E-state index in [1.165, 1.54) is 0 Å². The molecule has 2 aromatic carbocycles. The van der Waals surface area contributed by atoms with Crippen LogP contribution in [0.1, 0.15) is 22.4 Å². The van der Waals surface area contributed by atoms with Crippen LogP contribution in [0.15, 0.2) is 59.8 Å². The van der Waals surface area contributed by atoms with Gasteiger partial charge in [0.25, 0.3) is 0 Å². The summed E-state index contributed by atoms with van der Waals surface area (Å²) in [7, 11) is 1.82. The highest BCUT2D eigenvalue weighted by Crippen LogP contribution is 2.25. The van der Waals surface area contributed by atoms with Crippen molar-refractivity contribution in [1.82, 2.24) is 9.78 Å². The molecule has 0 unspecified atom stereocenters. The number of aromatic nitrogens is 2. The summed E-state index contributed by atoms with van der Waals surface area (Å²) in [4.78, 5) is 5.37. The number of ether oxygens (including phenoxy) is 1. The van der Waals surface area contributed by atoms with Crippen LogP contribution in [0.5, 0.6) is 11.6 Å². The number of aliphatic hydroxyl groups is 1. The SMILES string of the molecule is Cc1nn(C)c(Oc2ccccc2)c1C=NOCc1ccc(C(O)=S)cc1. The molecular weight excluding hydrogens is 362 g/mol. The van der Waals surface area contributed by atoms with Crippen molar-refractivity contribution in [1.29, 1.82) is 0 Å². The van der Waals surface area contributed by atoms with Gasteiger partial charge < -0.3 is 14.7 Å². The monoisotopic (exact) mass is 381 g/mol. The molecule has 1 N–H and O–H groups in total. The minimum Gasteiger partial charge on any atom is -0.499 e. The molecule has 27 heavy (non-hydrogen) atoms. The lowest BCUT2D eigenvalue weighted by molar-refractivity contribution is 0.132. The Hall–Kier alpha value is -3.19. The van der Waals surface area contributed by atoms with Gasteiger partial charge >= 0.3 is 0 Å². The number of hydrogen-bond acceptors (Lipinski definition) is 5. The van der Waals surface area contributed by atoms with Gasteiger partial charge in [0.1, 0.15) is 12.4 Å². The lowest BCUT2D eigenvalue weighted by atomic mass is 10.1. The van der Waals surface area contributed by atoms with E-state index in [4.69, 9.17) is 21.8 Å². The predicted octanol–water partition coefficient (Wildman–Crippen LogP) is 4.31. The molecule has 1 aromatic heterocycles. The van der Waals surface area contributed by atoms with E-state index >= 15 is 0 Å². The third-order valence-corrected chi connectivity index (χ3v) is 4.10. The van der Waals surface area contributed by atoms with Crippen molar-refractivity contribution in [2.45, 2.75) is 13.5 Å². The van der Waals surface area contributed by atoms with Crippen molar-refractivity contribution in [2.75, 3.05) is 0 Å². The molecule has 3 rings (SSSR count). The summed E-state index contributed by atoms with van der Waals surface area (Å²) in [5, 5.41) is 17.6. The summed E-state index contributed by atoms with van der Waals surface area (Å²) in [6.45, 7) is 2.18. The lowest BCUT2D eigenvalue weighted by Gasteiger charge is -2.06. The minimum atomic E-state index is -0.126. The summed E-state index contributed by atoms with van der Waals surface area (Å²) in [5.41, 5.74) is 3.06. The van der Waals surface area contributed by atoms with E-state index in [0.29, 0.717) is 18.1 Å². The minimum absolute atomic E-state index is 0.126. The van der Waals surface area contributed by atoms with Gasteiger partial charge in [-0.2, -0.15) is 5.10 Å². The van der Waals surface area contributed by atoms with Crippen molar-refractivity contribution >= 4 is 23.5 Å². The van der Waals surface area contributed by atoms with Crippen molar-refractivity contribution in [2.24, 2.45) is 12.2 Å². The van der Waals surface area contributed by atoms with Crippen molar-refractivity contribution in [3.63, 3.8) is 0 Å². The van der Waals surface area contributed by atoms with Crippen LogP contribution in [0.3, 0.4) is 0 Å². The molecule has 0 saturated carbocycles. The maximum Gasteiger partial charge on any atom is 0.226 e. The molecule has 138 valence electrons. The number of para-hydroxylation sites is 1. The van der Waals surface area contributed by atoms with Gasteiger partial charge in [-0.3, -0.25) is 0 Å². The van der Waals surface area contributed by atoms with Crippen LogP contribution in [-0.4, -0.2) is 26.2 Å². The largest absolute Gasteiger partial charge is 0.499 e. The van der Waals surface area contributed by atoms with Crippen LogP contribution in [0.4, 0.5) is 0 Å². The van der Waals surface area contributed by atoms with Gasteiger partial charge in [-0.1, -0.05) is 35.5 Å². The van der Waals surface area contributed by atoms with Gasteiger partial charge in [0.15, 0.2) is 5.05 Å². The summed E-state index contributed by atoms with van der Waals surface area (Å²) in [6, 6.07) is 16.6. The van der Waals surface area contributed by atoms with E-state index in [0.717, 1.165) is 22.6 Å². The van der Waals surface area contributed by atoms with Crippen molar-refractivity contribution < 1.29 is 14.7 Å². The molecule has 0 amide bonds. The molecule has 1 heterocycles. The fourth-order valence-electron chi connectivity index (χ4n) is 2.47.